The van der Waals surface area contributed by atoms with Gasteiger partial charge in [0.15, 0.2) is 0 Å². The lowest BCUT2D eigenvalue weighted by molar-refractivity contribution is 0.0473. The van der Waals surface area contributed by atoms with Crippen LogP contribution in [-0.2, 0) is 11.3 Å². The van der Waals surface area contributed by atoms with Gasteiger partial charge in [0, 0.05) is 16.3 Å². The van der Waals surface area contributed by atoms with Crippen LogP contribution in [0.2, 0.25) is 5.02 Å². The zero-order chi connectivity index (χ0) is 15.2. The molecule has 0 saturated heterocycles. The fourth-order valence-corrected chi connectivity index (χ4v) is 1.86. The lowest BCUT2D eigenvalue weighted by atomic mass is 10.2. The van der Waals surface area contributed by atoms with Gasteiger partial charge in [-0.25, -0.2) is 9.59 Å². The van der Waals surface area contributed by atoms with Crippen LogP contribution in [0.3, 0.4) is 0 Å². The van der Waals surface area contributed by atoms with E-state index in [0.29, 0.717) is 16.3 Å². The first kappa shape index (κ1) is 14.9. The Labute approximate surface area is 126 Å². The van der Waals surface area contributed by atoms with Crippen LogP contribution >= 0.6 is 11.6 Å². The van der Waals surface area contributed by atoms with Crippen LogP contribution in [0.4, 0.5) is 10.5 Å². The van der Waals surface area contributed by atoms with Crippen molar-refractivity contribution in [2.75, 3.05) is 5.32 Å². The van der Waals surface area contributed by atoms with Gasteiger partial charge in [0.25, 0.3) is 0 Å². The summed E-state index contributed by atoms with van der Waals surface area (Å²) in [5.41, 5.74) is 6.61. The van der Waals surface area contributed by atoms with Crippen molar-refractivity contribution in [1.29, 1.82) is 0 Å². The van der Waals surface area contributed by atoms with E-state index in [2.05, 4.69) is 5.32 Å². The highest BCUT2D eigenvalue weighted by Crippen LogP contribution is 2.17. The number of carbonyl (C=O) groups excluding carboxylic acids is 2. The molecule has 0 atom stereocenters. The number of primary amides is 1. The molecule has 6 heteroatoms. The SMILES string of the molecule is NC(=O)Nc1ccc(C(=O)OCc2ccccc2Cl)cc1. The van der Waals surface area contributed by atoms with Crippen molar-refractivity contribution >= 4 is 29.3 Å². The van der Waals surface area contributed by atoms with Crippen LogP contribution in [0.25, 0.3) is 0 Å². The second-order valence-electron chi connectivity index (χ2n) is 4.23. The van der Waals surface area contributed by atoms with E-state index in [9.17, 15) is 9.59 Å². The van der Waals surface area contributed by atoms with Gasteiger partial charge in [0.05, 0.1) is 5.56 Å². The monoisotopic (exact) mass is 304 g/mol. The molecule has 2 aromatic rings. The van der Waals surface area contributed by atoms with Crippen LogP contribution < -0.4 is 11.1 Å². The average molecular weight is 305 g/mol. The summed E-state index contributed by atoms with van der Waals surface area (Å²) in [6, 6.07) is 12.7. The minimum Gasteiger partial charge on any atom is -0.457 e. The number of amides is 2. The van der Waals surface area contributed by atoms with Gasteiger partial charge in [-0.15, -0.1) is 0 Å². The summed E-state index contributed by atoms with van der Waals surface area (Å²) >= 11 is 5.98. The van der Waals surface area contributed by atoms with E-state index >= 15 is 0 Å². The van der Waals surface area contributed by atoms with Gasteiger partial charge >= 0.3 is 12.0 Å². The van der Waals surface area contributed by atoms with Crippen LogP contribution in [0.5, 0.6) is 0 Å². The van der Waals surface area contributed by atoms with Crippen molar-refractivity contribution in [1.82, 2.24) is 0 Å². The number of urea groups is 1. The molecule has 0 radical (unpaired) electrons. The van der Waals surface area contributed by atoms with Crippen LogP contribution in [0.1, 0.15) is 15.9 Å². The van der Waals surface area contributed by atoms with E-state index in [1.807, 2.05) is 6.07 Å². The first-order chi connectivity index (χ1) is 10.1. The molecule has 0 saturated carbocycles. The van der Waals surface area contributed by atoms with E-state index < -0.39 is 12.0 Å². The number of benzene rings is 2. The molecule has 0 aliphatic carbocycles. The normalized spacial score (nSPS) is 9.95. The van der Waals surface area contributed by atoms with Gasteiger partial charge in [-0.05, 0) is 30.3 Å². The molecule has 0 heterocycles. The maximum atomic E-state index is 11.9. The molecule has 0 bridgehead atoms. The zero-order valence-corrected chi connectivity index (χ0v) is 11.8. The third kappa shape index (κ3) is 4.22. The summed E-state index contributed by atoms with van der Waals surface area (Å²) in [5.74, 6) is -0.472. The zero-order valence-electron chi connectivity index (χ0n) is 11.0. The van der Waals surface area contributed by atoms with Crippen molar-refractivity contribution in [3.8, 4) is 0 Å². The summed E-state index contributed by atoms with van der Waals surface area (Å²) in [5, 5.41) is 2.95. The molecule has 108 valence electrons. The van der Waals surface area contributed by atoms with E-state index in [1.165, 1.54) is 0 Å². The molecule has 0 aliphatic rings. The molecule has 5 nitrogen and oxygen atoms in total. The van der Waals surface area contributed by atoms with Crippen molar-refractivity contribution in [3.05, 3.63) is 64.7 Å². The highest BCUT2D eigenvalue weighted by atomic mass is 35.5. The number of carbonyl (C=O) groups is 2. The largest absolute Gasteiger partial charge is 0.457 e. The fraction of sp³-hybridized carbons (Fsp3) is 0.0667. The highest BCUT2D eigenvalue weighted by molar-refractivity contribution is 6.31. The van der Waals surface area contributed by atoms with E-state index in [0.717, 1.165) is 5.56 Å². The Balaban J connectivity index is 1.97. The molecule has 2 aromatic carbocycles. The van der Waals surface area contributed by atoms with Crippen LogP contribution in [0, 0.1) is 0 Å². The van der Waals surface area contributed by atoms with Gasteiger partial charge in [0.1, 0.15) is 6.61 Å². The number of ether oxygens (including phenoxy) is 1. The smallest absolute Gasteiger partial charge is 0.338 e. The van der Waals surface area contributed by atoms with Crippen LogP contribution in [0.15, 0.2) is 48.5 Å². The molecule has 3 N–H and O–H groups in total. The highest BCUT2D eigenvalue weighted by Gasteiger charge is 2.09. The summed E-state index contributed by atoms with van der Waals surface area (Å²) in [4.78, 5) is 22.6. The predicted octanol–water partition coefficient (Wildman–Crippen LogP) is 3.19. The molecule has 0 aliphatic heterocycles. The summed E-state index contributed by atoms with van der Waals surface area (Å²) in [7, 11) is 0. The second kappa shape index (κ2) is 6.76. The third-order valence-corrected chi connectivity index (χ3v) is 3.07. The topological polar surface area (TPSA) is 81.4 Å². The fourth-order valence-electron chi connectivity index (χ4n) is 1.67. The molecule has 0 fully saturated rings. The van der Waals surface area contributed by atoms with E-state index in [4.69, 9.17) is 22.1 Å². The summed E-state index contributed by atoms with van der Waals surface area (Å²) in [6.45, 7) is 0.0970. The van der Waals surface area contributed by atoms with E-state index in [-0.39, 0.29) is 6.61 Å². The Morgan fingerprint density at radius 3 is 2.38 bits per heavy atom. The van der Waals surface area contributed by atoms with Crippen molar-refractivity contribution < 1.29 is 14.3 Å². The Bertz CT molecular complexity index is 656. The number of nitrogens with two attached hydrogens (primary N) is 1. The Morgan fingerprint density at radius 1 is 1.10 bits per heavy atom. The third-order valence-electron chi connectivity index (χ3n) is 2.70. The van der Waals surface area contributed by atoms with Gasteiger partial charge in [0.2, 0.25) is 0 Å². The standard InChI is InChI=1S/C15H13ClN2O3/c16-13-4-2-1-3-11(13)9-21-14(19)10-5-7-12(8-6-10)18-15(17)20/h1-8H,9H2,(H3,17,18,20). The average Bonchev–Trinajstić information content (AvgIpc) is 2.46. The molecule has 0 spiro atoms. The molecule has 0 unspecified atom stereocenters. The minimum atomic E-state index is -0.663. The number of esters is 1. The van der Waals surface area contributed by atoms with Gasteiger partial charge in [-0.3, -0.25) is 0 Å². The number of nitrogens with one attached hydrogen (secondary N) is 1. The van der Waals surface area contributed by atoms with Gasteiger partial charge < -0.3 is 15.8 Å². The maximum absolute atomic E-state index is 11.9. The lowest BCUT2D eigenvalue weighted by Crippen LogP contribution is -2.19. The molecular weight excluding hydrogens is 292 g/mol. The van der Waals surface area contributed by atoms with Crippen molar-refractivity contribution in [2.24, 2.45) is 5.73 Å². The number of rotatable bonds is 4. The maximum Gasteiger partial charge on any atom is 0.338 e. The summed E-state index contributed by atoms with van der Waals surface area (Å²) in [6.07, 6.45) is 0. The minimum absolute atomic E-state index is 0.0970. The number of hydrogen-bond acceptors (Lipinski definition) is 3. The van der Waals surface area contributed by atoms with E-state index in [1.54, 1.807) is 42.5 Å². The van der Waals surface area contributed by atoms with Crippen molar-refractivity contribution in [3.63, 3.8) is 0 Å². The Morgan fingerprint density at radius 2 is 1.76 bits per heavy atom. The molecule has 0 aromatic heterocycles. The predicted molar refractivity (Wildman–Crippen MR) is 80.2 cm³/mol. The number of hydrogen-bond donors (Lipinski definition) is 2. The molecular formula is C15H13ClN2O3. The summed E-state index contributed by atoms with van der Waals surface area (Å²) < 4.78 is 5.18. The van der Waals surface area contributed by atoms with Crippen molar-refractivity contribution in [2.45, 2.75) is 6.61 Å². The number of halogens is 1. The molecule has 2 rings (SSSR count). The quantitative estimate of drug-likeness (QED) is 0.851. The van der Waals surface area contributed by atoms with Gasteiger partial charge in [-0.2, -0.15) is 0 Å². The Hall–Kier alpha value is -2.53. The van der Waals surface area contributed by atoms with Crippen LogP contribution in [-0.4, -0.2) is 12.0 Å². The molecule has 21 heavy (non-hydrogen) atoms. The van der Waals surface area contributed by atoms with Gasteiger partial charge in [-0.1, -0.05) is 29.8 Å². The first-order valence-corrected chi connectivity index (χ1v) is 6.51. The molecule has 2 amide bonds. The number of anilines is 1. The lowest BCUT2D eigenvalue weighted by Gasteiger charge is -2.07. The second-order valence-corrected chi connectivity index (χ2v) is 4.64. The Kier molecular flexibility index (Phi) is 4.79. The first-order valence-electron chi connectivity index (χ1n) is 6.13.